The van der Waals surface area contributed by atoms with Crippen LogP contribution in [0.15, 0.2) is 83.3 Å². The van der Waals surface area contributed by atoms with E-state index in [2.05, 4.69) is 21.2 Å². The Morgan fingerprint density at radius 1 is 0.956 bits per heavy atom. The summed E-state index contributed by atoms with van der Waals surface area (Å²) in [6.07, 6.45) is 0.263. The van der Waals surface area contributed by atoms with Gasteiger partial charge in [-0.15, -0.1) is 0 Å². The number of amides is 2. The van der Waals surface area contributed by atoms with Gasteiger partial charge in [0.05, 0.1) is 17.5 Å². The van der Waals surface area contributed by atoms with Gasteiger partial charge in [0.25, 0.3) is 0 Å². The van der Waals surface area contributed by atoms with Crippen molar-refractivity contribution in [2.75, 3.05) is 17.1 Å². The Bertz CT molecular complexity index is 1550. The highest BCUT2D eigenvalue weighted by atomic mass is 79.9. The summed E-state index contributed by atoms with van der Waals surface area (Å²) >= 11 is 3.42. The summed E-state index contributed by atoms with van der Waals surface area (Å²) in [7, 11) is -3.96. The number of benzene rings is 3. The summed E-state index contributed by atoms with van der Waals surface area (Å²) in [5, 5.41) is 3.14. The van der Waals surface area contributed by atoms with Crippen molar-refractivity contribution in [1.29, 1.82) is 0 Å². The lowest BCUT2D eigenvalue weighted by molar-refractivity contribution is -0.141. The number of sulfonamides is 1. The van der Waals surface area contributed by atoms with Crippen LogP contribution in [0, 0.1) is 0 Å². The second kappa shape index (κ2) is 15.3. The van der Waals surface area contributed by atoms with Gasteiger partial charge in [-0.2, -0.15) is 13.2 Å². The highest BCUT2D eigenvalue weighted by Gasteiger charge is 2.33. The SMILES string of the molecule is CS(=O)(=O)N(CCCC(=O)N(Cc1ccc(Br)cc1)[C@@H](Cc1ccccc1)C(=O)NC1CCCC1)c1cccc(C(F)(F)F)c1. The van der Waals surface area contributed by atoms with Crippen LogP contribution in [0.25, 0.3) is 0 Å². The number of hydrogen-bond acceptors (Lipinski definition) is 4. The Labute approximate surface area is 271 Å². The molecule has 1 saturated carbocycles. The molecular weight excluding hydrogens is 671 g/mol. The molecule has 3 aromatic rings. The third-order valence-electron chi connectivity index (χ3n) is 7.85. The molecule has 4 rings (SSSR count). The number of hydrogen-bond donors (Lipinski definition) is 1. The first-order valence-corrected chi connectivity index (χ1v) is 17.5. The molecule has 242 valence electrons. The van der Waals surface area contributed by atoms with Crippen molar-refractivity contribution in [3.63, 3.8) is 0 Å². The third kappa shape index (κ3) is 10.1. The van der Waals surface area contributed by atoms with E-state index < -0.39 is 27.8 Å². The average molecular weight is 709 g/mol. The summed E-state index contributed by atoms with van der Waals surface area (Å²) in [6.45, 7) is -0.0687. The van der Waals surface area contributed by atoms with Crippen LogP contribution in [0.3, 0.4) is 0 Å². The Morgan fingerprint density at radius 2 is 1.62 bits per heavy atom. The summed E-state index contributed by atoms with van der Waals surface area (Å²) < 4.78 is 67.0. The molecular formula is C33H37BrF3N3O4S. The maximum Gasteiger partial charge on any atom is 0.416 e. The Balaban J connectivity index is 1.59. The molecule has 1 N–H and O–H groups in total. The maximum atomic E-state index is 14.0. The molecule has 0 aliphatic heterocycles. The number of alkyl halides is 3. The lowest BCUT2D eigenvalue weighted by atomic mass is 10.0. The predicted octanol–water partition coefficient (Wildman–Crippen LogP) is 6.71. The van der Waals surface area contributed by atoms with E-state index in [4.69, 9.17) is 0 Å². The van der Waals surface area contributed by atoms with Crippen LogP contribution in [-0.4, -0.2) is 50.0 Å². The fraction of sp³-hybridized carbons (Fsp3) is 0.394. The van der Waals surface area contributed by atoms with Crippen LogP contribution < -0.4 is 9.62 Å². The molecule has 3 aromatic carbocycles. The zero-order valence-electron chi connectivity index (χ0n) is 25.0. The number of nitrogens with one attached hydrogen (secondary N) is 1. The summed E-state index contributed by atoms with van der Waals surface area (Å²) in [4.78, 5) is 29.3. The minimum Gasteiger partial charge on any atom is -0.352 e. The van der Waals surface area contributed by atoms with E-state index in [0.29, 0.717) is 0 Å². The van der Waals surface area contributed by atoms with Gasteiger partial charge >= 0.3 is 6.18 Å². The number of carbonyl (C=O) groups is 2. The first-order chi connectivity index (χ1) is 21.3. The molecule has 2 amide bonds. The third-order valence-corrected chi connectivity index (χ3v) is 9.58. The van der Waals surface area contributed by atoms with Crippen LogP contribution in [0.5, 0.6) is 0 Å². The minimum atomic E-state index is -4.64. The zero-order valence-corrected chi connectivity index (χ0v) is 27.4. The molecule has 0 bridgehead atoms. The van der Waals surface area contributed by atoms with Crippen LogP contribution in [-0.2, 0) is 38.8 Å². The van der Waals surface area contributed by atoms with E-state index in [0.717, 1.165) is 70.0 Å². The van der Waals surface area contributed by atoms with Gasteiger partial charge in [0.1, 0.15) is 6.04 Å². The molecule has 0 unspecified atom stereocenters. The van der Waals surface area contributed by atoms with Crippen LogP contribution in [0.1, 0.15) is 55.2 Å². The average Bonchev–Trinajstić information content (AvgIpc) is 3.50. The van der Waals surface area contributed by atoms with E-state index in [1.807, 2.05) is 54.6 Å². The second-order valence-corrected chi connectivity index (χ2v) is 14.2. The standard InChI is InChI=1S/C33H37BrF3N3O4S/c1-45(43,44)40(29-14-7-11-26(22-29)33(35,36)37)20-8-15-31(41)39(23-25-16-18-27(34)19-17-25)30(21-24-9-3-2-4-10-24)32(42)38-28-12-5-6-13-28/h2-4,7,9-11,14,16-19,22,28,30H,5-6,8,12-13,15,20-21,23H2,1H3,(H,38,42)/t30-/m0/s1. The summed E-state index contributed by atoms with van der Waals surface area (Å²) in [5.74, 6) is -0.615. The van der Waals surface area contributed by atoms with E-state index in [1.165, 1.54) is 11.0 Å². The first kappa shape index (κ1) is 34.5. The largest absolute Gasteiger partial charge is 0.416 e. The smallest absolute Gasteiger partial charge is 0.352 e. The van der Waals surface area contributed by atoms with Crippen molar-refractivity contribution >= 4 is 43.5 Å². The van der Waals surface area contributed by atoms with Crippen molar-refractivity contribution in [1.82, 2.24) is 10.2 Å². The maximum absolute atomic E-state index is 14.0. The molecule has 12 heteroatoms. The molecule has 1 fully saturated rings. The van der Waals surface area contributed by atoms with Gasteiger partial charge in [0.15, 0.2) is 0 Å². The Kier molecular flexibility index (Phi) is 11.7. The molecule has 1 aliphatic carbocycles. The second-order valence-electron chi connectivity index (χ2n) is 11.3. The van der Waals surface area contributed by atoms with Crippen molar-refractivity contribution in [2.45, 2.75) is 69.8 Å². The Hall–Kier alpha value is -3.38. The number of halogens is 4. The zero-order chi connectivity index (χ0) is 32.6. The normalized spacial score (nSPS) is 14.6. The molecule has 1 aliphatic rings. The van der Waals surface area contributed by atoms with Crippen LogP contribution in [0.2, 0.25) is 0 Å². The van der Waals surface area contributed by atoms with Gasteiger partial charge in [0.2, 0.25) is 21.8 Å². The highest BCUT2D eigenvalue weighted by Crippen LogP contribution is 2.32. The number of rotatable bonds is 13. The molecule has 0 aromatic heterocycles. The lowest BCUT2D eigenvalue weighted by Crippen LogP contribution is -2.52. The highest BCUT2D eigenvalue weighted by molar-refractivity contribution is 9.10. The molecule has 1 atom stereocenters. The fourth-order valence-electron chi connectivity index (χ4n) is 5.55. The summed E-state index contributed by atoms with van der Waals surface area (Å²) in [6, 6.07) is 20.1. The Morgan fingerprint density at radius 3 is 2.24 bits per heavy atom. The number of carbonyl (C=O) groups excluding carboxylic acids is 2. The van der Waals surface area contributed by atoms with Crippen molar-refractivity contribution in [3.8, 4) is 0 Å². The molecule has 0 spiro atoms. The van der Waals surface area contributed by atoms with E-state index in [1.54, 1.807) is 0 Å². The van der Waals surface area contributed by atoms with Gasteiger partial charge in [0, 0.05) is 36.4 Å². The molecule has 7 nitrogen and oxygen atoms in total. The first-order valence-electron chi connectivity index (χ1n) is 14.8. The van der Waals surface area contributed by atoms with Gasteiger partial charge in [-0.3, -0.25) is 13.9 Å². The monoisotopic (exact) mass is 707 g/mol. The summed E-state index contributed by atoms with van der Waals surface area (Å²) in [5.41, 5.74) is 0.581. The van der Waals surface area contributed by atoms with Gasteiger partial charge in [-0.05, 0) is 60.7 Å². The van der Waals surface area contributed by atoms with Crippen molar-refractivity contribution in [2.24, 2.45) is 0 Å². The minimum absolute atomic E-state index is 0.0291. The molecule has 45 heavy (non-hydrogen) atoms. The lowest BCUT2D eigenvalue weighted by Gasteiger charge is -2.33. The fourth-order valence-corrected chi connectivity index (χ4v) is 6.77. The molecule has 0 heterocycles. The van der Waals surface area contributed by atoms with E-state index >= 15 is 0 Å². The van der Waals surface area contributed by atoms with Gasteiger partial charge in [-0.1, -0.05) is 77.3 Å². The quantitative estimate of drug-likeness (QED) is 0.214. The predicted molar refractivity (Wildman–Crippen MR) is 172 cm³/mol. The molecule has 0 radical (unpaired) electrons. The molecule has 0 saturated heterocycles. The number of anilines is 1. The van der Waals surface area contributed by atoms with Crippen LogP contribution in [0.4, 0.5) is 18.9 Å². The van der Waals surface area contributed by atoms with Gasteiger partial charge < -0.3 is 10.2 Å². The van der Waals surface area contributed by atoms with E-state index in [-0.39, 0.29) is 55.9 Å². The van der Waals surface area contributed by atoms with Crippen molar-refractivity contribution < 1.29 is 31.2 Å². The van der Waals surface area contributed by atoms with Gasteiger partial charge in [-0.25, -0.2) is 8.42 Å². The van der Waals surface area contributed by atoms with Crippen LogP contribution >= 0.6 is 15.9 Å². The van der Waals surface area contributed by atoms with E-state index in [9.17, 15) is 31.2 Å². The number of nitrogens with zero attached hydrogens (tertiary/aromatic N) is 2. The topological polar surface area (TPSA) is 86.8 Å². The van der Waals surface area contributed by atoms with Crippen molar-refractivity contribution in [3.05, 3.63) is 100 Å².